The molecular formula is C32H34O8S2. The largest absolute Gasteiger partial charge is 0.496 e. The van der Waals surface area contributed by atoms with E-state index in [9.17, 15) is 0 Å². The second kappa shape index (κ2) is 11.9. The van der Waals surface area contributed by atoms with Crippen LogP contribution in [0, 0.1) is 0 Å². The lowest BCUT2D eigenvalue weighted by Crippen LogP contribution is -2.16. The molecule has 0 radical (unpaired) electrons. The van der Waals surface area contributed by atoms with E-state index < -0.39 is 0 Å². The Labute approximate surface area is 253 Å². The van der Waals surface area contributed by atoms with Crippen molar-refractivity contribution in [2.45, 2.75) is 39.9 Å². The fourth-order valence-corrected chi connectivity index (χ4v) is 7.66. The van der Waals surface area contributed by atoms with Crippen molar-refractivity contribution in [2.24, 2.45) is 0 Å². The van der Waals surface area contributed by atoms with Crippen LogP contribution in [0.1, 0.15) is 27.7 Å². The van der Waals surface area contributed by atoms with Crippen molar-refractivity contribution in [3.8, 4) is 76.6 Å². The maximum atomic E-state index is 6.30. The van der Waals surface area contributed by atoms with E-state index in [1.54, 1.807) is 36.9 Å². The highest BCUT2D eigenvalue weighted by Crippen LogP contribution is 2.63. The third-order valence-corrected chi connectivity index (χ3v) is 9.10. The first-order valence-corrected chi connectivity index (χ1v) is 15.6. The first-order valence-electron chi connectivity index (χ1n) is 13.9. The Morgan fingerprint density at radius 1 is 0.524 bits per heavy atom. The summed E-state index contributed by atoms with van der Waals surface area (Å²) in [6, 6.07) is 11.6. The molecule has 2 aromatic heterocycles. The van der Waals surface area contributed by atoms with Gasteiger partial charge in [-0.05, 0) is 52.0 Å². The van der Waals surface area contributed by atoms with Crippen LogP contribution in [0.4, 0.5) is 0 Å². The van der Waals surface area contributed by atoms with Gasteiger partial charge < -0.3 is 37.9 Å². The number of hydrogen-bond acceptors (Lipinski definition) is 10. The summed E-state index contributed by atoms with van der Waals surface area (Å²) in [5.74, 6) is 5.49. The van der Waals surface area contributed by atoms with Crippen LogP contribution in [0.3, 0.4) is 0 Å². The fraction of sp³-hybridized carbons (Fsp3) is 0.375. The highest BCUT2D eigenvalue weighted by Gasteiger charge is 2.36. The molecule has 42 heavy (non-hydrogen) atoms. The third kappa shape index (κ3) is 5.07. The summed E-state index contributed by atoms with van der Waals surface area (Å²) in [6.07, 6.45) is -0.0485. The molecule has 0 saturated heterocycles. The summed E-state index contributed by atoms with van der Waals surface area (Å²) in [7, 11) is 3.32. The number of methoxy groups -OCH3 is 2. The molecule has 0 spiro atoms. The molecule has 0 fully saturated rings. The highest BCUT2D eigenvalue weighted by atomic mass is 32.1. The van der Waals surface area contributed by atoms with Gasteiger partial charge in [0.05, 0.1) is 57.1 Å². The monoisotopic (exact) mass is 610 g/mol. The molecule has 0 unspecified atom stereocenters. The van der Waals surface area contributed by atoms with Crippen molar-refractivity contribution in [3.05, 3.63) is 36.4 Å². The van der Waals surface area contributed by atoms with Gasteiger partial charge in [-0.3, -0.25) is 0 Å². The van der Waals surface area contributed by atoms with E-state index in [0.717, 1.165) is 30.6 Å². The molecule has 6 rings (SSSR count). The molecule has 0 amide bonds. The van der Waals surface area contributed by atoms with Gasteiger partial charge >= 0.3 is 0 Å². The molecule has 2 aliphatic rings. The lowest BCUT2D eigenvalue weighted by Gasteiger charge is -2.20. The summed E-state index contributed by atoms with van der Waals surface area (Å²) in [4.78, 5) is 3.52. The Bertz CT molecular complexity index is 1470. The van der Waals surface area contributed by atoms with Crippen LogP contribution < -0.4 is 37.9 Å². The minimum atomic E-state index is -0.0242. The van der Waals surface area contributed by atoms with Crippen LogP contribution in [0.15, 0.2) is 36.4 Å². The number of rotatable bonds is 9. The van der Waals surface area contributed by atoms with Gasteiger partial charge in [0.25, 0.3) is 0 Å². The maximum absolute atomic E-state index is 6.30. The Kier molecular flexibility index (Phi) is 8.00. The second-order valence-corrected chi connectivity index (χ2v) is 12.3. The van der Waals surface area contributed by atoms with E-state index in [0.29, 0.717) is 72.4 Å². The predicted octanol–water partition coefficient (Wildman–Crippen LogP) is 7.94. The molecule has 0 bridgehead atoms. The van der Waals surface area contributed by atoms with Gasteiger partial charge in [-0.1, -0.05) is 12.1 Å². The number of thiophene rings is 2. The number of fused-ring (bicyclic) bond motifs is 2. The van der Waals surface area contributed by atoms with Crippen LogP contribution in [-0.4, -0.2) is 52.9 Å². The van der Waals surface area contributed by atoms with E-state index in [4.69, 9.17) is 37.9 Å². The normalized spacial score (nSPS) is 13.8. The van der Waals surface area contributed by atoms with E-state index in [-0.39, 0.29) is 12.2 Å². The molecule has 222 valence electrons. The van der Waals surface area contributed by atoms with Crippen LogP contribution in [0.5, 0.6) is 46.0 Å². The molecule has 0 N–H and O–H groups in total. The van der Waals surface area contributed by atoms with Gasteiger partial charge in [-0.2, -0.15) is 0 Å². The van der Waals surface area contributed by atoms with Gasteiger partial charge in [0.1, 0.15) is 49.4 Å². The number of benzene rings is 2. The molecule has 0 atom stereocenters. The van der Waals surface area contributed by atoms with Gasteiger partial charge in [-0.15, -0.1) is 22.7 Å². The first-order chi connectivity index (χ1) is 20.4. The summed E-state index contributed by atoms with van der Waals surface area (Å²) < 4.78 is 49.2. The molecule has 2 aromatic carbocycles. The average molecular weight is 611 g/mol. The molecular weight excluding hydrogens is 576 g/mol. The molecule has 0 saturated carbocycles. The van der Waals surface area contributed by atoms with Crippen molar-refractivity contribution < 1.29 is 37.9 Å². The predicted molar refractivity (Wildman–Crippen MR) is 165 cm³/mol. The Morgan fingerprint density at radius 2 is 0.857 bits per heavy atom. The van der Waals surface area contributed by atoms with Crippen LogP contribution in [0.25, 0.3) is 30.6 Å². The smallest absolute Gasteiger partial charge is 0.181 e. The second-order valence-electron chi connectivity index (χ2n) is 10.2. The van der Waals surface area contributed by atoms with Crippen molar-refractivity contribution in [3.63, 3.8) is 0 Å². The topological polar surface area (TPSA) is 73.8 Å². The summed E-state index contributed by atoms with van der Waals surface area (Å²) in [6.45, 7) is 9.77. The van der Waals surface area contributed by atoms with Crippen molar-refractivity contribution in [1.29, 1.82) is 0 Å². The number of hydrogen-bond donors (Lipinski definition) is 0. The van der Waals surface area contributed by atoms with Crippen LogP contribution in [-0.2, 0) is 0 Å². The van der Waals surface area contributed by atoms with Crippen molar-refractivity contribution in [1.82, 2.24) is 0 Å². The first kappa shape index (κ1) is 28.4. The van der Waals surface area contributed by atoms with Gasteiger partial charge in [-0.25, -0.2) is 0 Å². The molecule has 0 aliphatic carbocycles. The molecule has 4 heterocycles. The zero-order valence-electron chi connectivity index (χ0n) is 24.5. The molecule has 8 nitrogen and oxygen atoms in total. The highest BCUT2D eigenvalue weighted by molar-refractivity contribution is 7.26. The van der Waals surface area contributed by atoms with Gasteiger partial charge in [0, 0.05) is 0 Å². The fourth-order valence-electron chi connectivity index (χ4n) is 5.04. The number of ether oxygens (including phenoxy) is 8. The Morgan fingerprint density at radius 3 is 1.19 bits per heavy atom. The van der Waals surface area contributed by atoms with Gasteiger partial charge in [0.15, 0.2) is 23.0 Å². The Hall–Kier alpha value is -3.76. The van der Waals surface area contributed by atoms with Crippen LogP contribution >= 0.6 is 22.7 Å². The van der Waals surface area contributed by atoms with E-state index in [1.807, 2.05) is 64.1 Å². The zero-order chi connectivity index (χ0) is 29.4. The minimum absolute atomic E-state index is 0.0242. The van der Waals surface area contributed by atoms with Crippen molar-refractivity contribution in [2.75, 3.05) is 40.6 Å². The SMILES string of the molecule is COc1cccc(OC(C)C)c1-c1sc(-c2sc(-c3c(OC)cccc3OC(C)C)c3c2OCCO3)c2c1OCCO2. The lowest BCUT2D eigenvalue weighted by molar-refractivity contribution is 0.172. The third-order valence-electron chi connectivity index (χ3n) is 6.60. The minimum Gasteiger partial charge on any atom is -0.496 e. The summed E-state index contributed by atoms with van der Waals surface area (Å²) >= 11 is 3.12. The molecule has 2 aliphatic heterocycles. The maximum Gasteiger partial charge on any atom is 0.181 e. The quantitative estimate of drug-likeness (QED) is 0.189. The molecule has 10 heteroatoms. The van der Waals surface area contributed by atoms with E-state index in [2.05, 4.69) is 0 Å². The van der Waals surface area contributed by atoms with Crippen molar-refractivity contribution >= 4 is 22.7 Å². The van der Waals surface area contributed by atoms with Gasteiger partial charge in [0.2, 0.25) is 0 Å². The standard InChI is InChI=1S/C32H34O8S2/c1-17(2)39-21-11-7-9-19(33-5)23(21)29-25-27(37-15-13-35-25)31(41-29)32-28-26(36-14-16-38-28)30(42-32)24-20(34-6)10-8-12-22(24)40-18(3)4/h7-12,17-18H,13-16H2,1-6H3. The average Bonchev–Trinajstić information content (AvgIpc) is 3.55. The lowest BCUT2D eigenvalue weighted by atomic mass is 10.1. The van der Waals surface area contributed by atoms with E-state index >= 15 is 0 Å². The van der Waals surface area contributed by atoms with E-state index in [1.165, 1.54) is 0 Å². The summed E-state index contributed by atoms with van der Waals surface area (Å²) in [5.41, 5.74) is 1.65. The zero-order valence-corrected chi connectivity index (χ0v) is 26.2. The molecule has 4 aromatic rings. The van der Waals surface area contributed by atoms with Crippen LogP contribution in [0.2, 0.25) is 0 Å². The summed E-state index contributed by atoms with van der Waals surface area (Å²) in [5, 5.41) is 0. The Balaban J connectivity index is 1.59.